The largest absolute Gasteiger partial charge is 0.496 e. The first kappa shape index (κ1) is 23.5. The van der Waals surface area contributed by atoms with Crippen molar-refractivity contribution in [1.82, 2.24) is 0 Å². The van der Waals surface area contributed by atoms with Gasteiger partial charge in [0.2, 0.25) is 0 Å². The number of carbonyl (C=O) groups is 2. The van der Waals surface area contributed by atoms with Crippen molar-refractivity contribution < 1.29 is 27.9 Å². The minimum Gasteiger partial charge on any atom is -0.496 e. The third-order valence-corrected chi connectivity index (χ3v) is 7.17. The molecule has 0 bridgehead atoms. The molecule has 8 heteroatoms. The van der Waals surface area contributed by atoms with E-state index in [4.69, 9.17) is 18.3 Å². The van der Waals surface area contributed by atoms with E-state index in [1.54, 1.807) is 36.4 Å². The van der Waals surface area contributed by atoms with Gasteiger partial charge in [0.15, 0.2) is 0 Å². The molecule has 2 heterocycles. The van der Waals surface area contributed by atoms with Gasteiger partial charge in [-0.3, -0.25) is 9.59 Å². The molecule has 36 heavy (non-hydrogen) atoms. The zero-order chi connectivity index (χ0) is 25.7. The van der Waals surface area contributed by atoms with Gasteiger partial charge in [0, 0.05) is 57.7 Å². The molecule has 0 unspecified atom stereocenters. The molecule has 0 aliphatic heterocycles. The molecule has 0 amide bonds. The lowest BCUT2D eigenvalue weighted by Gasteiger charge is -2.50. The van der Waals surface area contributed by atoms with Gasteiger partial charge >= 0.3 is 11.3 Å². The molecule has 2 aromatic carbocycles. The number of hydrogen-bond acceptors (Lipinski definition) is 8. The summed E-state index contributed by atoms with van der Waals surface area (Å²) < 4.78 is 22.6. The Labute approximate surface area is 205 Å². The van der Waals surface area contributed by atoms with Crippen molar-refractivity contribution in [3.05, 3.63) is 80.5 Å². The number of Topliss-reactive ketones (excluding diaryl/α,β-unsaturated/α-hetero) is 2. The molecule has 4 aromatic rings. The highest BCUT2D eigenvalue weighted by Crippen LogP contribution is 2.63. The summed E-state index contributed by atoms with van der Waals surface area (Å²) in [7, 11) is 2.98. The van der Waals surface area contributed by atoms with Crippen LogP contribution in [0, 0.1) is 11.8 Å². The second-order valence-corrected chi connectivity index (χ2v) is 9.03. The first-order chi connectivity index (χ1) is 17.3. The highest BCUT2D eigenvalue weighted by molar-refractivity contribution is 5.95. The lowest BCUT2D eigenvalue weighted by molar-refractivity contribution is -0.139. The van der Waals surface area contributed by atoms with Gasteiger partial charge in [-0.2, -0.15) is 0 Å². The molecule has 0 radical (unpaired) electrons. The molecule has 1 saturated carbocycles. The zero-order valence-electron chi connectivity index (χ0n) is 20.2. The molecular formula is C28H24O8. The Hall–Kier alpha value is -4.20. The van der Waals surface area contributed by atoms with Gasteiger partial charge in [0.05, 0.1) is 14.2 Å². The molecular weight excluding hydrogens is 464 g/mol. The number of ketones is 2. The van der Waals surface area contributed by atoms with Gasteiger partial charge in [-0.1, -0.05) is 0 Å². The number of hydrogen-bond donors (Lipinski definition) is 0. The highest BCUT2D eigenvalue weighted by atomic mass is 16.5. The summed E-state index contributed by atoms with van der Waals surface area (Å²) in [6.45, 7) is 2.89. The molecule has 5 rings (SSSR count). The monoisotopic (exact) mass is 488 g/mol. The highest BCUT2D eigenvalue weighted by Gasteiger charge is 2.58. The van der Waals surface area contributed by atoms with E-state index in [2.05, 4.69) is 0 Å². The third-order valence-electron chi connectivity index (χ3n) is 7.17. The van der Waals surface area contributed by atoms with Crippen molar-refractivity contribution in [3.8, 4) is 11.5 Å². The molecule has 0 spiro atoms. The SMILES string of the molecule is COc1ccc2ccc(=O)oc2c1[C@@H]1[C@@H](C(C)=O)[C@@H](C(C)=O)[C@@H]1c1c(OC)ccc2ccc(=O)oc12. The van der Waals surface area contributed by atoms with Crippen molar-refractivity contribution >= 4 is 33.5 Å². The molecule has 4 atom stereocenters. The second kappa shape index (κ2) is 8.78. The van der Waals surface area contributed by atoms with E-state index in [-0.39, 0.29) is 22.7 Å². The van der Waals surface area contributed by atoms with Crippen LogP contribution in [0.1, 0.15) is 36.8 Å². The lowest BCUT2D eigenvalue weighted by Crippen LogP contribution is -2.50. The van der Waals surface area contributed by atoms with E-state index in [9.17, 15) is 19.2 Å². The summed E-state index contributed by atoms with van der Waals surface area (Å²) in [4.78, 5) is 50.4. The van der Waals surface area contributed by atoms with Gasteiger partial charge in [0.1, 0.15) is 34.2 Å². The van der Waals surface area contributed by atoms with Gasteiger partial charge < -0.3 is 18.3 Å². The van der Waals surface area contributed by atoms with Crippen molar-refractivity contribution in [3.63, 3.8) is 0 Å². The van der Waals surface area contributed by atoms with Crippen LogP contribution < -0.4 is 20.7 Å². The minimum absolute atomic E-state index is 0.186. The lowest BCUT2D eigenvalue weighted by atomic mass is 9.50. The van der Waals surface area contributed by atoms with E-state index < -0.39 is 34.9 Å². The summed E-state index contributed by atoms with van der Waals surface area (Å²) in [6, 6.07) is 12.9. The molecule has 0 saturated heterocycles. The molecule has 1 aliphatic carbocycles. The molecule has 1 aliphatic rings. The molecule has 2 aromatic heterocycles. The number of ether oxygens (including phenoxy) is 2. The number of methoxy groups -OCH3 is 2. The standard InChI is InChI=1S/C28H24O8/c1-13(29)21-22(14(2)30)26(24-18(34-4)10-6-16-8-12-20(32)36-28(16)24)25(21)23-17(33-3)9-5-15-7-11-19(31)35-27(15)23/h5-12,21-22,25-26H,1-4H3/t21-,22+,25-,26+. The number of fused-ring (bicyclic) bond motifs is 2. The van der Waals surface area contributed by atoms with Crippen LogP contribution in [-0.4, -0.2) is 25.8 Å². The first-order valence-electron chi connectivity index (χ1n) is 11.5. The fourth-order valence-electron chi connectivity index (χ4n) is 5.74. The number of carbonyl (C=O) groups excluding carboxylic acids is 2. The van der Waals surface area contributed by atoms with E-state index in [1.807, 2.05) is 0 Å². The van der Waals surface area contributed by atoms with Crippen LogP contribution in [0.15, 0.2) is 67.0 Å². The van der Waals surface area contributed by atoms with Gasteiger partial charge in [-0.25, -0.2) is 9.59 Å². The molecule has 0 N–H and O–H groups in total. The molecule has 8 nitrogen and oxygen atoms in total. The summed E-state index contributed by atoms with van der Waals surface area (Å²) >= 11 is 0. The Balaban J connectivity index is 1.89. The summed E-state index contributed by atoms with van der Waals surface area (Å²) in [5.74, 6) is -2.21. The summed E-state index contributed by atoms with van der Waals surface area (Å²) in [6.07, 6.45) is 0. The van der Waals surface area contributed by atoms with Gasteiger partial charge in [-0.05, 0) is 50.2 Å². The fourth-order valence-corrected chi connectivity index (χ4v) is 5.74. The Morgan fingerprint density at radius 2 is 1.00 bits per heavy atom. The Morgan fingerprint density at radius 1 is 0.639 bits per heavy atom. The van der Waals surface area contributed by atoms with Crippen molar-refractivity contribution in [2.75, 3.05) is 14.2 Å². The maximum absolute atomic E-state index is 13.0. The first-order valence-corrected chi connectivity index (χ1v) is 11.5. The van der Waals surface area contributed by atoms with Crippen LogP contribution in [0.3, 0.4) is 0 Å². The summed E-state index contributed by atoms with van der Waals surface area (Å²) in [5.41, 5.74) is 0.477. The zero-order valence-corrected chi connectivity index (χ0v) is 20.2. The van der Waals surface area contributed by atoms with Crippen LogP contribution in [0.25, 0.3) is 21.9 Å². The van der Waals surface area contributed by atoms with Crippen molar-refractivity contribution in [2.24, 2.45) is 11.8 Å². The normalized spacial score (nSPS) is 21.2. The number of benzene rings is 2. The van der Waals surface area contributed by atoms with Crippen LogP contribution in [0.4, 0.5) is 0 Å². The molecule has 184 valence electrons. The summed E-state index contributed by atoms with van der Waals surface area (Å²) in [5, 5.41) is 1.29. The van der Waals surface area contributed by atoms with Crippen molar-refractivity contribution in [2.45, 2.75) is 25.7 Å². The fraction of sp³-hybridized carbons (Fsp3) is 0.286. The van der Waals surface area contributed by atoms with E-state index >= 15 is 0 Å². The van der Waals surface area contributed by atoms with Crippen LogP contribution in [0.2, 0.25) is 0 Å². The number of rotatable bonds is 6. The van der Waals surface area contributed by atoms with E-state index in [0.29, 0.717) is 33.4 Å². The van der Waals surface area contributed by atoms with E-state index in [0.717, 1.165) is 0 Å². The average Bonchev–Trinajstić information content (AvgIpc) is 2.83. The van der Waals surface area contributed by atoms with E-state index in [1.165, 1.54) is 40.2 Å². The predicted octanol–water partition coefficient (Wildman–Crippen LogP) is 4.21. The quantitative estimate of drug-likeness (QED) is 0.371. The Kier molecular flexibility index (Phi) is 5.74. The predicted molar refractivity (Wildman–Crippen MR) is 132 cm³/mol. The topological polar surface area (TPSA) is 113 Å². The Morgan fingerprint density at radius 3 is 1.33 bits per heavy atom. The maximum atomic E-state index is 13.0. The second-order valence-electron chi connectivity index (χ2n) is 9.03. The molecule has 1 fully saturated rings. The van der Waals surface area contributed by atoms with Gasteiger partial charge in [-0.15, -0.1) is 0 Å². The van der Waals surface area contributed by atoms with Crippen LogP contribution in [-0.2, 0) is 9.59 Å². The minimum atomic E-state index is -0.715. The smallest absolute Gasteiger partial charge is 0.336 e. The van der Waals surface area contributed by atoms with Gasteiger partial charge in [0.25, 0.3) is 0 Å². The van der Waals surface area contributed by atoms with Crippen LogP contribution >= 0.6 is 0 Å². The third kappa shape index (κ3) is 3.52. The van der Waals surface area contributed by atoms with Crippen LogP contribution in [0.5, 0.6) is 11.5 Å². The Bertz CT molecular complexity index is 1520. The maximum Gasteiger partial charge on any atom is 0.336 e. The average molecular weight is 488 g/mol. The van der Waals surface area contributed by atoms with Crippen molar-refractivity contribution in [1.29, 1.82) is 0 Å².